The number of anilines is 2. The van der Waals surface area contributed by atoms with Gasteiger partial charge in [0, 0.05) is 38.4 Å². The van der Waals surface area contributed by atoms with E-state index in [9.17, 15) is 9.59 Å². The number of carbonyl (C=O) groups excluding carboxylic acids is 1. The Bertz CT molecular complexity index is 926. The van der Waals surface area contributed by atoms with E-state index in [1.54, 1.807) is 19.5 Å². The number of ether oxygens (including phenoxy) is 2. The summed E-state index contributed by atoms with van der Waals surface area (Å²) in [5.74, 6) is 0.667. The van der Waals surface area contributed by atoms with Crippen molar-refractivity contribution in [2.75, 3.05) is 43.6 Å². The first-order valence-corrected chi connectivity index (χ1v) is 10.2. The van der Waals surface area contributed by atoms with Crippen LogP contribution in [0.4, 0.5) is 16.2 Å². The van der Waals surface area contributed by atoms with E-state index in [2.05, 4.69) is 25.5 Å². The number of fused-ring (bicyclic) bond motifs is 1. The van der Waals surface area contributed by atoms with E-state index in [-0.39, 0.29) is 17.9 Å². The van der Waals surface area contributed by atoms with Crippen molar-refractivity contribution in [1.29, 1.82) is 0 Å². The molecule has 2 aromatic heterocycles. The second kappa shape index (κ2) is 8.78. The molecule has 1 aliphatic carbocycles. The fourth-order valence-corrected chi connectivity index (χ4v) is 3.87. The number of hydrogen-bond acceptors (Lipinski definition) is 6. The van der Waals surface area contributed by atoms with Crippen molar-refractivity contribution >= 4 is 34.4 Å². The largest absolute Gasteiger partial charge is 0.487 e. The number of H-pyrrole nitrogens is 1. The van der Waals surface area contributed by atoms with Gasteiger partial charge < -0.3 is 35.1 Å². The normalized spacial score (nSPS) is 19.0. The summed E-state index contributed by atoms with van der Waals surface area (Å²) in [6, 6.07) is -0.185. The predicted octanol–water partition coefficient (Wildman–Crippen LogP) is 2.17. The molecule has 0 radical (unpaired) electrons. The Morgan fingerprint density at radius 1 is 1.33 bits per heavy atom. The lowest BCUT2D eigenvalue weighted by molar-refractivity contribution is -0.117. The fraction of sp³-hybridized carbons (Fsp3) is 0.550. The Kier molecular flexibility index (Phi) is 5.93. The number of carboxylic acid groups (broad SMARTS) is 1. The maximum absolute atomic E-state index is 12.4. The molecule has 3 heterocycles. The smallest absolute Gasteiger partial charge is 0.404 e. The summed E-state index contributed by atoms with van der Waals surface area (Å²) >= 11 is 0. The lowest BCUT2D eigenvalue weighted by Crippen LogP contribution is -2.47. The number of rotatable bonds is 8. The van der Waals surface area contributed by atoms with Crippen molar-refractivity contribution in [3.8, 4) is 5.75 Å². The zero-order valence-corrected chi connectivity index (χ0v) is 16.9. The SMILES string of the molecule is COCCOc1cnc2[nH]cc(NC(=O)C3CC3)c2c1N1CCCC(NC(=O)O)C1. The van der Waals surface area contributed by atoms with Gasteiger partial charge in [-0.15, -0.1) is 0 Å². The van der Waals surface area contributed by atoms with Crippen LogP contribution in [0.5, 0.6) is 5.75 Å². The Balaban J connectivity index is 1.70. The number of carbonyl (C=O) groups is 2. The summed E-state index contributed by atoms with van der Waals surface area (Å²) in [4.78, 5) is 33.2. The van der Waals surface area contributed by atoms with E-state index in [4.69, 9.17) is 14.6 Å². The minimum Gasteiger partial charge on any atom is -0.487 e. The predicted molar refractivity (Wildman–Crippen MR) is 111 cm³/mol. The summed E-state index contributed by atoms with van der Waals surface area (Å²) in [6.07, 6.45) is 5.81. The molecule has 2 aliphatic rings. The molecule has 162 valence electrons. The van der Waals surface area contributed by atoms with Gasteiger partial charge >= 0.3 is 6.09 Å². The minimum absolute atomic E-state index is 0.0108. The average molecular weight is 417 g/mol. The number of aromatic amines is 1. The van der Waals surface area contributed by atoms with Crippen LogP contribution in [-0.4, -0.2) is 66.5 Å². The Morgan fingerprint density at radius 3 is 2.90 bits per heavy atom. The summed E-state index contributed by atoms with van der Waals surface area (Å²) in [6.45, 7) is 2.04. The number of hydrogen-bond donors (Lipinski definition) is 4. The van der Waals surface area contributed by atoms with Crippen molar-refractivity contribution in [3.63, 3.8) is 0 Å². The van der Waals surface area contributed by atoms with Gasteiger partial charge in [-0.2, -0.15) is 0 Å². The van der Waals surface area contributed by atoms with Gasteiger partial charge in [0.25, 0.3) is 0 Å². The van der Waals surface area contributed by atoms with Gasteiger partial charge in [-0.25, -0.2) is 9.78 Å². The molecule has 2 amide bonds. The highest BCUT2D eigenvalue weighted by atomic mass is 16.5. The number of nitrogens with one attached hydrogen (secondary N) is 3. The molecule has 4 N–H and O–H groups in total. The summed E-state index contributed by atoms with van der Waals surface area (Å²) in [7, 11) is 1.61. The molecular weight excluding hydrogens is 390 g/mol. The third-order valence-corrected chi connectivity index (χ3v) is 5.46. The molecule has 1 atom stereocenters. The van der Waals surface area contributed by atoms with Crippen LogP contribution in [-0.2, 0) is 9.53 Å². The zero-order valence-electron chi connectivity index (χ0n) is 16.9. The quantitative estimate of drug-likeness (QED) is 0.485. The summed E-state index contributed by atoms with van der Waals surface area (Å²) in [5.41, 5.74) is 2.11. The van der Waals surface area contributed by atoms with Crippen molar-refractivity contribution in [2.45, 2.75) is 31.7 Å². The van der Waals surface area contributed by atoms with E-state index in [1.165, 1.54) is 0 Å². The van der Waals surface area contributed by atoms with Crippen molar-refractivity contribution < 1.29 is 24.2 Å². The van der Waals surface area contributed by atoms with Crippen LogP contribution in [0.25, 0.3) is 11.0 Å². The molecule has 2 fully saturated rings. The van der Waals surface area contributed by atoms with E-state index < -0.39 is 6.09 Å². The highest BCUT2D eigenvalue weighted by molar-refractivity contribution is 6.08. The van der Waals surface area contributed by atoms with E-state index in [0.29, 0.717) is 36.8 Å². The Labute approximate surface area is 173 Å². The molecule has 0 aromatic carbocycles. The monoisotopic (exact) mass is 417 g/mol. The number of piperidine rings is 1. The fourth-order valence-electron chi connectivity index (χ4n) is 3.87. The molecule has 1 saturated heterocycles. The molecule has 4 rings (SSSR count). The van der Waals surface area contributed by atoms with Gasteiger partial charge in [0.05, 0.1) is 29.6 Å². The van der Waals surface area contributed by atoms with Crippen LogP contribution < -0.4 is 20.3 Å². The highest BCUT2D eigenvalue weighted by Crippen LogP contribution is 2.41. The van der Waals surface area contributed by atoms with Gasteiger partial charge in [-0.1, -0.05) is 0 Å². The van der Waals surface area contributed by atoms with Crippen LogP contribution in [0, 0.1) is 5.92 Å². The maximum Gasteiger partial charge on any atom is 0.404 e. The Hall–Kier alpha value is -3.01. The minimum atomic E-state index is -1.03. The first-order chi connectivity index (χ1) is 14.6. The van der Waals surface area contributed by atoms with Crippen molar-refractivity contribution in [2.24, 2.45) is 5.92 Å². The van der Waals surface area contributed by atoms with Crippen LogP contribution in [0.1, 0.15) is 25.7 Å². The maximum atomic E-state index is 12.4. The number of pyridine rings is 1. The molecule has 1 aliphatic heterocycles. The molecule has 10 heteroatoms. The Morgan fingerprint density at radius 2 is 2.17 bits per heavy atom. The van der Waals surface area contributed by atoms with Gasteiger partial charge in [-0.05, 0) is 25.7 Å². The lowest BCUT2D eigenvalue weighted by Gasteiger charge is -2.35. The van der Waals surface area contributed by atoms with E-state index in [1.807, 2.05) is 0 Å². The van der Waals surface area contributed by atoms with Crippen LogP contribution in [0.2, 0.25) is 0 Å². The topological polar surface area (TPSA) is 129 Å². The summed E-state index contributed by atoms with van der Waals surface area (Å²) in [5, 5.41) is 15.5. The van der Waals surface area contributed by atoms with E-state index >= 15 is 0 Å². The standard InChI is InChI=1S/C20H27N5O5/c1-29-7-8-30-15-10-22-18-16(14(9-21-18)24-19(26)12-4-5-12)17(15)25-6-2-3-13(11-25)23-20(27)28/h9-10,12-13,23H,2-8,11H2,1H3,(H,21,22)(H,24,26)(H,27,28). The molecule has 2 aromatic rings. The van der Waals surface area contributed by atoms with Gasteiger partial charge in [0.2, 0.25) is 5.91 Å². The molecule has 1 unspecified atom stereocenters. The number of nitrogens with zero attached hydrogens (tertiary/aromatic N) is 2. The number of methoxy groups -OCH3 is 1. The third-order valence-electron chi connectivity index (χ3n) is 5.46. The lowest BCUT2D eigenvalue weighted by atomic mass is 10.0. The van der Waals surface area contributed by atoms with Gasteiger partial charge in [0.1, 0.15) is 12.3 Å². The van der Waals surface area contributed by atoms with Gasteiger partial charge in [-0.3, -0.25) is 4.79 Å². The third kappa shape index (κ3) is 4.43. The highest BCUT2D eigenvalue weighted by Gasteiger charge is 2.31. The second-order valence-electron chi connectivity index (χ2n) is 7.74. The number of aromatic nitrogens is 2. The van der Waals surface area contributed by atoms with Crippen LogP contribution >= 0.6 is 0 Å². The van der Waals surface area contributed by atoms with Crippen molar-refractivity contribution in [3.05, 3.63) is 12.4 Å². The second-order valence-corrected chi connectivity index (χ2v) is 7.74. The van der Waals surface area contributed by atoms with Crippen LogP contribution in [0.3, 0.4) is 0 Å². The molecule has 10 nitrogen and oxygen atoms in total. The molecule has 1 saturated carbocycles. The first-order valence-electron chi connectivity index (χ1n) is 10.2. The van der Waals surface area contributed by atoms with E-state index in [0.717, 1.165) is 43.3 Å². The number of amides is 2. The van der Waals surface area contributed by atoms with Crippen molar-refractivity contribution in [1.82, 2.24) is 15.3 Å². The van der Waals surface area contributed by atoms with Gasteiger partial charge in [0.15, 0.2) is 5.75 Å². The summed E-state index contributed by atoms with van der Waals surface area (Å²) < 4.78 is 11.0. The molecule has 0 bridgehead atoms. The first kappa shape index (κ1) is 20.3. The average Bonchev–Trinajstić information content (AvgIpc) is 3.50. The van der Waals surface area contributed by atoms with Crippen LogP contribution in [0.15, 0.2) is 12.4 Å². The molecule has 30 heavy (non-hydrogen) atoms. The zero-order chi connectivity index (χ0) is 21.1. The molecular formula is C20H27N5O5. The molecule has 0 spiro atoms.